The summed E-state index contributed by atoms with van der Waals surface area (Å²) in [5, 5.41) is 6.94. The Labute approximate surface area is 191 Å². The van der Waals surface area contributed by atoms with Crippen molar-refractivity contribution in [1.82, 2.24) is 10.6 Å². The molecule has 0 amide bonds. The van der Waals surface area contributed by atoms with E-state index in [1.807, 2.05) is 12.1 Å². The Morgan fingerprint density at radius 3 is 2.19 bits per heavy atom. The summed E-state index contributed by atoms with van der Waals surface area (Å²) in [5.41, 5.74) is 2.35. The molecule has 0 aliphatic carbocycles. The van der Waals surface area contributed by atoms with Gasteiger partial charge in [0.15, 0.2) is 17.5 Å². The van der Waals surface area contributed by atoms with Gasteiger partial charge in [-0.2, -0.15) is 0 Å². The zero-order valence-corrected chi connectivity index (χ0v) is 19.6. The molecule has 7 nitrogen and oxygen atoms in total. The monoisotopic (exact) mass is 441 g/mol. The average molecular weight is 442 g/mol. The van der Waals surface area contributed by atoms with E-state index >= 15 is 0 Å². The lowest BCUT2D eigenvalue weighted by molar-refractivity contribution is 0.0514. The van der Waals surface area contributed by atoms with Crippen molar-refractivity contribution in [2.24, 2.45) is 4.99 Å². The highest BCUT2D eigenvalue weighted by atomic mass is 16.5. The maximum atomic E-state index is 5.66. The van der Waals surface area contributed by atoms with Crippen LogP contribution in [-0.2, 0) is 16.7 Å². The molecule has 2 aromatic carbocycles. The Morgan fingerprint density at radius 2 is 1.62 bits per heavy atom. The average Bonchev–Trinajstić information content (AvgIpc) is 2.86. The van der Waals surface area contributed by atoms with Gasteiger partial charge in [0.25, 0.3) is 0 Å². The fraction of sp³-hybridized carbons (Fsp3) is 0.480. The summed E-state index contributed by atoms with van der Waals surface area (Å²) < 4.78 is 22.0. The molecule has 0 saturated carbocycles. The van der Waals surface area contributed by atoms with Crippen LogP contribution in [0.25, 0.3) is 0 Å². The fourth-order valence-electron chi connectivity index (χ4n) is 4.11. The van der Waals surface area contributed by atoms with E-state index < -0.39 is 0 Å². The number of rotatable bonds is 9. The molecule has 1 saturated heterocycles. The van der Waals surface area contributed by atoms with Gasteiger partial charge in [0.1, 0.15) is 0 Å². The lowest BCUT2D eigenvalue weighted by Gasteiger charge is -2.38. The van der Waals surface area contributed by atoms with Gasteiger partial charge in [-0.3, -0.25) is 0 Å². The Morgan fingerprint density at radius 1 is 0.969 bits per heavy atom. The summed E-state index contributed by atoms with van der Waals surface area (Å²) in [6.07, 6.45) is 1.96. The van der Waals surface area contributed by atoms with E-state index in [4.69, 9.17) is 23.9 Å². The summed E-state index contributed by atoms with van der Waals surface area (Å²) >= 11 is 0. The van der Waals surface area contributed by atoms with E-state index in [0.717, 1.165) is 50.7 Å². The van der Waals surface area contributed by atoms with Crippen LogP contribution >= 0.6 is 0 Å². The third kappa shape index (κ3) is 5.65. The number of methoxy groups -OCH3 is 3. The van der Waals surface area contributed by atoms with Crippen molar-refractivity contribution in [2.45, 2.75) is 31.7 Å². The molecule has 174 valence electrons. The smallest absolute Gasteiger partial charge is 0.203 e. The summed E-state index contributed by atoms with van der Waals surface area (Å²) in [5.74, 6) is 2.61. The molecule has 1 fully saturated rings. The molecule has 1 aliphatic heterocycles. The molecule has 2 N–H and O–H groups in total. The normalized spacial score (nSPS) is 15.7. The van der Waals surface area contributed by atoms with Crippen LogP contribution in [0.5, 0.6) is 17.2 Å². The number of hydrogen-bond acceptors (Lipinski definition) is 5. The van der Waals surface area contributed by atoms with Crippen molar-refractivity contribution in [3.63, 3.8) is 0 Å². The van der Waals surface area contributed by atoms with Crippen molar-refractivity contribution < 1.29 is 18.9 Å². The van der Waals surface area contributed by atoms with Gasteiger partial charge < -0.3 is 29.6 Å². The molecule has 0 radical (unpaired) electrons. The second-order valence-corrected chi connectivity index (χ2v) is 7.84. The predicted molar refractivity (Wildman–Crippen MR) is 127 cm³/mol. The Bertz CT molecular complexity index is 855. The summed E-state index contributed by atoms with van der Waals surface area (Å²) in [4.78, 5) is 4.81. The van der Waals surface area contributed by atoms with E-state index in [-0.39, 0.29) is 5.41 Å². The van der Waals surface area contributed by atoms with Gasteiger partial charge in [-0.15, -0.1) is 0 Å². The van der Waals surface area contributed by atoms with E-state index in [2.05, 4.69) is 47.9 Å². The first kappa shape index (κ1) is 23.7. The highest BCUT2D eigenvalue weighted by Gasteiger charge is 2.34. The lowest BCUT2D eigenvalue weighted by Crippen LogP contribution is -2.48. The van der Waals surface area contributed by atoms with E-state index in [9.17, 15) is 0 Å². The van der Waals surface area contributed by atoms with Gasteiger partial charge in [-0.25, -0.2) is 4.99 Å². The minimum absolute atomic E-state index is 0.0300. The van der Waals surface area contributed by atoms with Crippen LogP contribution in [0.4, 0.5) is 0 Å². The topological polar surface area (TPSA) is 73.3 Å². The van der Waals surface area contributed by atoms with Crippen LogP contribution in [0.3, 0.4) is 0 Å². The van der Waals surface area contributed by atoms with Crippen LogP contribution in [0.15, 0.2) is 47.5 Å². The molecule has 0 bridgehead atoms. The summed E-state index contributed by atoms with van der Waals surface area (Å²) in [7, 11) is 4.84. The highest BCUT2D eigenvalue weighted by Crippen LogP contribution is 2.38. The molecular weight excluding hydrogens is 406 g/mol. The van der Waals surface area contributed by atoms with E-state index in [1.165, 1.54) is 5.56 Å². The summed E-state index contributed by atoms with van der Waals surface area (Å²) in [6.45, 7) is 5.67. The standard InChI is InChI=1S/C25H35N3O4/c1-5-26-24(27-17-19-15-21(29-2)23(31-4)22(16-19)30-3)28-18-25(11-13-32-14-12-25)20-9-7-6-8-10-20/h6-10,15-16H,5,11-14,17-18H2,1-4H3,(H2,26,27,28). The molecule has 0 aromatic heterocycles. The largest absolute Gasteiger partial charge is 0.493 e. The van der Waals surface area contributed by atoms with Gasteiger partial charge in [0.2, 0.25) is 5.75 Å². The van der Waals surface area contributed by atoms with Crippen LogP contribution in [-0.4, -0.2) is 53.6 Å². The first-order valence-corrected chi connectivity index (χ1v) is 11.1. The highest BCUT2D eigenvalue weighted by molar-refractivity contribution is 5.80. The van der Waals surface area contributed by atoms with Gasteiger partial charge >= 0.3 is 0 Å². The van der Waals surface area contributed by atoms with Gasteiger partial charge in [0, 0.05) is 31.7 Å². The molecule has 0 unspecified atom stereocenters. The van der Waals surface area contributed by atoms with Crippen LogP contribution in [0.2, 0.25) is 0 Å². The molecular formula is C25H35N3O4. The molecule has 1 aliphatic rings. The van der Waals surface area contributed by atoms with Crippen molar-refractivity contribution in [1.29, 1.82) is 0 Å². The Hall–Kier alpha value is -2.93. The number of guanidine groups is 1. The minimum Gasteiger partial charge on any atom is -0.493 e. The fourth-order valence-corrected chi connectivity index (χ4v) is 4.11. The maximum absolute atomic E-state index is 5.66. The molecule has 0 spiro atoms. The van der Waals surface area contributed by atoms with Gasteiger partial charge in [-0.1, -0.05) is 30.3 Å². The molecule has 1 heterocycles. The number of benzene rings is 2. The van der Waals surface area contributed by atoms with Crippen molar-refractivity contribution in [3.8, 4) is 17.2 Å². The van der Waals surface area contributed by atoms with Crippen LogP contribution < -0.4 is 24.8 Å². The Kier molecular flexibility index (Phi) is 8.62. The van der Waals surface area contributed by atoms with E-state index in [0.29, 0.717) is 23.8 Å². The molecule has 32 heavy (non-hydrogen) atoms. The predicted octanol–water partition coefficient (Wildman–Crippen LogP) is 3.52. The van der Waals surface area contributed by atoms with Gasteiger partial charge in [-0.05, 0) is 43.0 Å². The quantitative estimate of drug-likeness (QED) is 0.458. The first-order valence-electron chi connectivity index (χ1n) is 11.1. The number of nitrogens with zero attached hydrogens (tertiary/aromatic N) is 1. The Balaban J connectivity index is 1.78. The number of nitrogens with one attached hydrogen (secondary N) is 2. The second-order valence-electron chi connectivity index (χ2n) is 7.84. The zero-order valence-electron chi connectivity index (χ0n) is 19.6. The third-order valence-corrected chi connectivity index (χ3v) is 5.92. The zero-order chi connectivity index (χ0) is 22.8. The van der Waals surface area contributed by atoms with Crippen molar-refractivity contribution in [2.75, 3.05) is 47.6 Å². The second kappa shape index (κ2) is 11.6. The molecule has 7 heteroatoms. The SMILES string of the molecule is CCNC(=NCc1cc(OC)c(OC)c(OC)c1)NCC1(c2ccccc2)CCOCC1. The third-order valence-electron chi connectivity index (χ3n) is 5.92. The van der Waals surface area contributed by atoms with Crippen molar-refractivity contribution in [3.05, 3.63) is 53.6 Å². The number of aliphatic imine (C=N–C) groups is 1. The number of hydrogen-bond donors (Lipinski definition) is 2. The lowest BCUT2D eigenvalue weighted by atomic mass is 9.74. The van der Waals surface area contributed by atoms with Gasteiger partial charge in [0.05, 0.1) is 27.9 Å². The molecule has 2 aromatic rings. The minimum atomic E-state index is 0.0300. The summed E-state index contributed by atoms with van der Waals surface area (Å²) in [6, 6.07) is 14.6. The first-order chi connectivity index (χ1) is 15.7. The van der Waals surface area contributed by atoms with Crippen LogP contribution in [0.1, 0.15) is 30.9 Å². The van der Waals surface area contributed by atoms with Crippen molar-refractivity contribution >= 4 is 5.96 Å². The molecule has 3 rings (SSSR count). The van der Waals surface area contributed by atoms with E-state index in [1.54, 1.807) is 21.3 Å². The molecule has 0 atom stereocenters. The number of ether oxygens (including phenoxy) is 4. The van der Waals surface area contributed by atoms with Crippen LogP contribution in [0, 0.1) is 0 Å². The maximum Gasteiger partial charge on any atom is 0.203 e.